The normalized spacial score (nSPS) is 13.6. The summed E-state index contributed by atoms with van der Waals surface area (Å²) in [5, 5.41) is 0. The maximum Gasteiger partial charge on any atom is 0.472 e. The van der Waals surface area contributed by atoms with Crippen molar-refractivity contribution in [1.29, 1.82) is 0 Å². The van der Waals surface area contributed by atoms with Crippen LogP contribution in [0.15, 0.2) is 60.8 Å². The van der Waals surface area contributed by atoms with Gasteiger partial charge >= 0.3 is 19.8 Å². The Morgan fingerprint density at radius 1 is 0.408 bits per heavy atom. The second kappa shape index (κ2) is 57.4. The minimum Gasteiger partial charge on any atom is -0.462 e. The first-order valence-corrected chi connectivity index (χ1v) is 33.5. The molecular weight excluding hydrogens is 966 g/mol. The van der Waals surface area contributed by atoms with Gasteiger partial charge < -0.3 is 18.9 Å². The Hall–Kier alpha value is -2.29. The SMILES string of the molecule is CCCCCCC/C=C\C/C=C\C/C=C\CCCCCCCCCCCCCCC(=O)OC(COC(=O)CCCCCCCCCCCCCCC/C=C\C/C=C\CCCCCCC)COP(=O)(O)OCC[N+](C)(C)C. The van der Waals surface area contributed by atoms with Crippen LogP contribution in [0.1, 0.15) is 296 Å². The van der Waals surface area contributed by atoms with E-state index in [-0.39, 0.29) is 32.0 Å². The van der Waals surface area contributed by atoms with Crippen LogP contribution in [-0.4, -0.2) is 74.9 Å². The van der Waals surface area contributed by atoms with E-state index in [9.17, 15) is 19.0 Å². The van der Waals surface area contributed by atoms with E-state index < -0.39 is 26.5 Å². The van der Waals surface area contributed by atoms with Gasteiger partial charge in [0.05, 0.1) is 27.7 Å². The van der Waals surface area contributed by atoms with Gasteiger partial charge in [0.25, 0.3) is 0 Å². The number of likely N-dealkylation sites (N-methyl/N-ethyl adjacent to an activating group) is 1. The Morgan fingerprint density at radius 3 is 1.05 bits per heavy atom. The average Bonchev–Trinajstić information content (AvgIpc) is 3.38. The maximum absolute atomic E-state index is 12.8. The van der Waals surface area contributed by atoms with Crippen molar-refractivity contribution in [3.63, 3.8) is 0 Å². The van der Waals surface area contributed by atoms with Crippen LogP contribution >= 0.6 is 7.82 Å². The molecule has 76 heavy (non-hydrogen) atoms. The fourth-order valence-corrected chi connectivity index (χ4v) is 9.80. The van der Waals surface area contributed by atoms with Crippen LogP contribution in [0.3, 0.4) is 0 Å². The molecule has 0 radical (unpaired) electrons. The van der Waals surface area contributed by atoms with Crippen molar-refractivity contribution in [3.05, 3.63) is 60.8 Å². The number of carbonyl (C=O) groups is 2. The molecule has 0 aromatic carbocycles. The van der Waals surface area contributed by atoms with Crippen molar-refractivity contribution in [2.75, 3.05) is 47.5 Å². The minimum absolute atomic E-state index is 0.0305. The van der Waals surface area contributed by atoms with Gasteiger partial charge in [0.2, 0.25) is 0 Å². The van der Waals surface area contributed by atoms with Crippen LogP contribution in [0, 0.1) is 0 Å². The third kappa shape index (κ3) is 60.9. The third-order valence-corrected chi connectivity index (χ3v) is 15.0. The Morgan fingerprint density at radius 2 is 0.711 bits per heavy atom. The quantitative estimate of drug-likeness (QED) is 0.0211. The summed E-state index contributed by atoms with van der Waals surface area (Å²) in [5.74, 6) is -0.791. The molecule has 0 saturated heterocycles. The number of hydrogen-bond acceptors (Lipinski definition) is 7. The average molecular weight is 1090 g/mol. The van der Waals surface area contributed by atoms with Crippen molar-refractivity contribution in [2.24, 2.45) is 0 Å². The number of rotatable bonds is 59. The summed E-state index contributed by atoms with van der Waals surface area (Å²) in [6, 6.07) is 0. The number of ether oxygens (including phenoxy) is 2. The zero-order valence-electron chi connectivity index (χ0n) is 50.5. The number of unbranched alkanes of at least 4 members (excludes halogenated alkanes) is 35. The molecular formula is C66H123NO8P+. The third-order valence-electron chi connectivity index (χ3n) is 14.0. The molecule has 444 valence electrons. The number of carbonyl (C=O) groups excluding carboxylic acids is 2. The lowest BCUT2D eigenvalue weighted by molar-refractivity contribution is -0.870. The van der Waals surface area contributed by atoms with E-state index >= 15 is 0 Å². The van der Waals surface area contributed by atoms with E-state index in [0.29, 0.717) is 17.4 Å². The molecule has 0 amide bonds. The van der Waals surface area contributed by atoms with E-state index in [0.717, 1.165) is 57.8 Å². The first-order chi connectivity index (χ1) is 37.0. The molecule has 9 nitrogen and oxygen atoms in total. The van der Waals surface area contributed by atoms with Crippen molar-refractivity contribution in [3.8, 4) is 0 Å². The monoisotopic (exact) mass is 1090 g/mol. The molecule has 0 aliphatic carbocycles. The molecule has 0 aromatic heterocycles. The standard InChI is InChI=1S/C66H122NO8P/c1-6-8-10-12-14-16-18-20-22-24-26-28-30-32-33-35-37-39-41-43-45-47-49-51-53-55-57-59-66(69)75-64(63-74-76(70,71)73-61-60-67(3,4)5)62-72-65(68)58-56-54-52-50-48-46-44-42-40-38-36-34-31-29-27-25-23-21-19-17-15-13-11-9-7-2/h18-21,24-27,30,32,64H,6-17,22-23,28-29,31,33-63H2,1-5H3/p+1/b20-18-,21-19-,26-24-,27-25-,32-30-. The summed E-state index contributed by atoms with van der Waals surface area (Å²) < 4.78 is 34.7. The lowest BCUT2D eigenvalue weighted by Crippen LogP contribution is -2.37. The summed E-state index contributed by atoms with van der Waals surface area (Å²) in [7, 11) is 1.48. The second-order valence-corrected chi connectivity index (χ2v) is 24.2. The molecule has 0 heterocycles. The highest BCUT2D eigenvalue weighted by Gasteiger charge is 2.27. The number of phosphoric acid groups is 1. The topological polar surface area (TPSA) is 108 Å². The molecule has 0 aliphatic rings. The van der Waals surface area contributed by atoms with Crippen molar-refractivity contribution < 1.29 is 42.1 Å². The molecule has 0 fully saturated rings. The first-order valence-electron chi connectivity index (χ1n) is 32.0. The molecule has 0 spiro atoms. The lowest BCUT2D eigenvalue weighted by atomic mass is 10.0. The van der Waals surface area contributed by atoms with Crippen molar-refractivity contribution >= 4 is 19.8 Å². The summed E-state index contributed by atoms with van der Waals surface area (Å²) in [6.07, 6.45) is 74.4. The van der Waals surface area contributed by atoms with Gasteiger partial charge in [0.15, 0.2) is 6.10 Å². The van der Waals surface area contributed by atoms with Crippen molar-refractivity contribution in [2.45, 2.75) is 302 Å². The lowest BCUT2D eigenvalue weighted by Gasteiger charge is -2.24. The van der Waals surface area contributed by atoms with Crippen molar-refractivity contribution in [1.82, 2.24) is 0 Å². The highest BCUT2D eigenvalue weighted by Crippen LogP contribution is 2.43. The van der Waals surface area contributed by atoms with Crippen LogP contribution in [0.25, 0.3) is 0 Å². The van der Waals surface area contributed by atoms with Gasteiger partial charge in [0, 0.05) is 12.8 Å². The summed E-state index contributed by atoms with van der Waals surface area (Å²) in [4.78, 5) is 35.8. The Labute approximate surface area is 470 Å². The van der Waals surface area contributed by atoms with Gasteiger partial charge in [-0.3, -0.25) is 18.6 Å². The van der Waals surface area contributed by atoms with Crippen LogP contribution in [-0.2, 0) is 32.7 Å². The number of nitrogens with zero attached hydrogens (tertiary/aromatic N) is 1. The zero-order valence-corrected chi connectivity index (χ0v) is 51.4. The van der Waals surface area contributed by atoms with Crippen LogP contribution < -0.4 is 0 Å². The molecule has 0 aromatic rings. The molecule has 0 rings (SSSR count). The Balaban J connectivity index is 4.11. The molecule has 2 unspecified atom stereocenters. The summed E-state index contributed by atoms with van der Waals surface area (Å²) in [5.41, 5.74) is 0. The van der Waals surface area contributed by atoms with Gasteiger partial charge in [-0.05, 0) is 83.5 Å². The molecule has 1 N–H and O–H groups in total. The summed E-state index contributed by atoms with van der Waals surface area (Å²) in [6.45, 7) is 4.44. The minimum atomic E-state index is -4.39. The van der Waals surface area contributed by atoms with Gasteiger partial charge in [-0.15, -0.1) is 0 Å². The van der Waals surface area contributed by atoms with Gasteiger partial charge in [-0.2, -0.15) is 0 Å². The first kappa shape index (κ1) is 73.7. The smallest absolute Gasteiger partial charge is 0.462 e. The molecule has 0 saturated carbocycles. The van der Waals surface area contributed by atoms with E-state index in [2.05, 4.69) is 74.6 Å². The highest BCUT2D eigenvalue weighted by atomic mass is 31.2. The number of quaternary nitrogens is 1. The number of phosphoric ester groups is 1. The molecule has 0 bridgehead atoms. The van der Waals surface area contributed by atoms with E-state index in [1.54, 1.807) is 0 Å². The van der Waals surface area contributed by atoms with Crippen LogP contribution in [0.2, 0.25) is 0 Å². The van der Waals surface area contributed by atoms with Gasteiger partial charge in [-0.25, -0.2) is 4.57 Å². The van der Waals surface area contributed by atoms with Gasteiger partial charge in [0.1, 0.15) is 19.8 Å². The number of esters is 2. The predicted octanol–water partition coefficient (Wildman–Crippen LogP) is 20.3. The van der Waals surface area contributed by atoms with E-state index in [1.807, 2.05) is 21.1 Å². The fourth-order valence-electron chi connectivity index (χ4n) is 9.05. The maximum atomic E-state index is 12.8. The van der Waals surface area contributed by atoms with E-state index in [4.69, 9.17) is 18.5 Å². The second-order valence-electron chi connectivity index (χ2n) is 22.8. The van der Waals surface area contributed by atoms with E-state index in [1.165, 1.54) is 205 Å². The molecule has 10 heteroatoms. The van der Waals surface area contributed by atoms with Crippen LogP contribution in [0.4, 0.5) is 0 Å². The fraction of sp³-hybridized carbons (Fsp3) is 0.818. The number of allylic oxidation sites excluding steroid dienone is 10. The zero-order chi connectivity index (χ0) is 55.6. The Bertz CT molecular complexity index is 1470. The molecule has 0 aliphatic heterocycles. The molecule has 2 atom stereocenters. The largest absolute Gasteiger partial charge is 0.472 e. The number of hydrogen-bond donors (Lipinski definition) is 1. The summed E-state index contributed by atoms with van der Waals surface area (Å²) >= 11 is 0. The van der Waals surface area contributed by atoms with Crippen LogP contribution in [0.5, 0.6) is 0 Å². The predicted molar refractivity (Wildman–Crippen MR) is 326 cm³/mol. The Kier molecular flexibility index (Phi) is 55.7. The van der Waals surface area contributed by atoms with Gasteiger partial charge in [-0.1, -0.05) is 261 Å². The highest BCUT2D eigenvalue weighted by molar-refractivity contribution is 7.47.